The van der Waals surface area contributed by atoms with Gasteiger partial charge in [-0.25, -0.2) is 0 Å². The number of carbonyl (C=O) groups is 1. The highest BCUT2D eigenvalue weighted by molar-refractivity contribution is 6.32. The van der Waals surface area contributed by atoms with Crippen LogP contribution in [0.4, 0.5) is 0 Å². The van der Waals surface area contributed by atoms with E-state index in [4.69, 9.17) is 21.7 Å². The van der Waals surface area contributed by atoms with Crippen molar-refractivity contribution in [1.82, 2.24) is 30.2 Å². The van der Waals surface area contributed by atoms with Gasteiger partial charge in [0.25, 0.3) is 11.5 Å². The molecule has 0 bridgehead atoms. The molecular formula is C29H38ClN7O3. The van der Waals surface area contributed by atoms with E-state index in [-0.39, 0.29) is 29.2 Å². The lowest BCUT2D eigenvalue weighted by molar-refractivity contribution is -0.118. The molecule has 0 radical (unpaired) electrons. The summed E-state index contributed by atoms with van der Waals surface area (Å²) in [6.07, 6.45) is 11.4. The number of hydrogen-bond acceptors (Lipinski definition) is 7. The highest BCUT2D eigenvalue weighted by Gasteiger charge is 2.31. The van der Waals surface area contributed by atoms with Gasteiger partial charge in [0.15, 0.2) is 5.82 Å². The number of halogens is 1. The second-order valence-electron chi connectivity index (χ2n) is 11.9. The summed E-state index contributed by atoms with van der Waals surface area (Å²) in [5.41, 5.74) is 1.94. The smallest absolute Gasteiger partial charge is 0.276 e. The fraction of sp³-hybridized carbons (Fsp3) is 0.552. The summed E-state index contributed by atoms with van der Waals surface area (Å²) >= 11 is 6.57. The molecular weight excluding hydrogens is 530 g/mol. The fourth-order valence-electron chi connectivity index (χ4n) is 5.11. The van der Waals surface area contributed by atoms with E-state index in [1.807, 2.05) is 26.8 Å². The van der Waals surface area contributed by atoms with Gasteiger partial charge in [-0.15, -0.1) is 5.10 Å². The summed E-state index contributed by atoms with van der Waals surface area (Å²) in [5.74, 6) is 1.26. The number of amides is 1. The van der Waals surface area contributed by atoms with E-state index in [0.717, 1.165) is 44.1 Å². The van der Waals surface area contributed by atoms with Gasteiger partial charge >= 0.3 is 0 Å². The molecule has 5 rings (SSSR count). The van der Waals surface area contributed by atoms with Crippen molar-refractivity contribution in [1.29, 1.82) is 5.41 Å². The molecule has 0 saturated heterocycles. The number of allylic oxidation sites excluding steroid dienone is 4. The number of aromatic amines is 1. The van der Waals surface area contributed by atoms with E-state index in [1.54, 1.807) is 0 Å². The average molecular weight is 568 g/mol. The van der Waals surface area contributed by atoms with Crippen molar-refractivity contribution in [2.24, 2.45) is 5.92 Å². The monoisotopic (exact) mass is 567 g/mol. The van der Waals surface area contributed by atoms with Crippen molar-refractivity contribution >= 4 is 34.6 Å². The minimum absolute atomic E-state index is 0.0272. The van der Waals surface area contributed by atoms with E-state index >= 15 is 0 Å². The molecule has 0 aliphatic heterocycles. The molecule has 11 heteroatoms. The highest BCUT2D eigenvalue weighted by Crippen LogP contribution is 2.32. The van der Waals surface area contributed by atoms with Crippen LogP contribution < -0.4 is 16.2 Å². The minimum Gasteiger partial charge on any atom is -0.487 e. The Morgan fingerprint density at radius 2 is 2.05 bits per heavy atom. The Morgan fingerprint density at radius 3 is 2.75 bits per heavy atom. The SMILES string of the molecule is CC(C)(C)NC(CC(=N)C1CC1)NC(=O)C1=C(Cl)CCC=C1OCc1cc(=O)n2nc(C3=CCCCC3)nc2[nH]1. The lowest BCUT2D eigenvalue weighted by Crippen LogP contribution is -2.54. The minimum atomic E-state index is -0.416. The number of ether oxygens (including phenoxy) is 1. The van der Waals surface area contributed by atoms with Gasteiger partial charge in [-0.1, -0.05) is 17.7 Å². The van der Waals surface area contributed by atoms with Crippen LogP contribution in [0, 0.1) is 11.3 Å². The summed E-state index contributed by atoms with van der Waals surface area (Å²) in [4.78, 5) is 34.0. The Labute approximate surface area is 238 Å². The van der Waals surface area contributed by atoms with Crippen LogP contribution in [0.5, 0.6) is 0 Å². The van der Waals surface area contributed by atoms with Crippen molar-refractivity contribution in [3.63, 3.8) is 0 Å². The molecule has 214 valence electrons. The van der Waals surface area contributed by atoms with E-state index in [0.29, 0.717) is 59.0 Å². The number of nitrogens with zero attached hydrogens (tertiary/aromatic N) is 3. The number of H-pyrrole nitrogens is 1. The summed E-state index contributed by atoms with van der Waals surface area (Å²) in [7, 11) is 0. The van der Waals surface area contributed by atoms with Crippen molar-refractivity contribution < 1.29 is 9.53 Å². The number of fused-ring (bicyclic) bond motifs is 1. The van der Waals surface area contributed by atoms with Gasteiger partial charge in [0.1, 0.15) is 12.4 Å². The number of hydrogen-bond donors (Lipinski definition) is 4. The van der Waals surface area contributed by atoms with Crippen LogP contribution >= 0.6 is 11.6 Å². The molecule has 1 fully saturated rings. The zero-order chi connectivity index (χ0) is 28.4. The summed E-state index contributed by atoms with van der Waals surface area (Å²) in [6, 6.07) is 1.43. The summed E-state index contributed by atoms with van der Waals surface area (Å²) < 4.78 is 7.34. The van der Waals surface area contributed by atoms with Crippen LogP contribution in [0.1, 0.15) is 90.1 Å². The van der Waals surface area contributed by atoms with E-state index in [9.17, 15) is 9.59 Å². The average Bonchev–Trinajstić information content (AvgIpc) is 3.66. The largest absolute Gasteiger partial charge is 0.487 e. The van der Waals surface area contributed by atoms with Crippen LogP contribution in [0.3, 0.4) is 0 Å². The molecule has 2 aromatic rings. The Bertz CT molecular complexity index is 1460. The second kappa shape index (κ2) is 11.7. The zero-order valence-corrected chi connectivity index (χ0v) is 24.2. The number of nitrogens with one attached hydrogen (secondary N) is 4. The lowest BCUT2D eigenvalue weighted by Gasteiger charge is -2.30. The molecule has 0 spiro atoms. The first-order valence-corrected chi connectivity index (χ1v) is 14.5. The normalized spacial score (nSPS) is 18.8. The van der Waals surface area contributed by atoms with Gasteiger partial charge < -0.3 is 20.4 Å². The molecule has 1 atom stereocenters. The lowest BCUT2D eigenvalue weighted by atomic mass is 9.99. The second-order valence-corrected chi connectivity index (χ2v) is 12.3. The van der Waals surface area contributed by atoms with E-state index in [1.165, 1.54) is 10.6 Å². The number of aromatic nitrogens is 4. The number of carbonyl (C=O) groups excluding carboxylic acids is 1. The van der Waals surface area contributed by atoms with Gasteiger partial charge in [0.05, 0.1) is 17.4 Å². The Morgan fingerprint density at radius 1 is 1.25 bits per heavy atom. The van der Waals surface area contributed by atoms with Crippen LogP contribution in [0.25, 0.3) is 11.4 Å². The van der Waals surface area contributed by atoms with E-state index < -0.39 is 6.17 Å². The van der Waals surface area contributed by atoms with Crippen molar-refractivity contribution in [3.05, 3.63) is 56.5 Å². The molecule has 1 unspecified atom stereocenters. The first kappa shape index (κ1) is 28.3. The quantitative estimate of drug-likeness (QED) is 0.242. The molecule has 3 aliphatic rings. The molecule has 1 amide bonds. The van der Waals surface area contributed by atoms with E-state index in [2.05, 4.69) is 31.8 Å². The molecule has 2 aromatic heterocycles. The predicted molar refractivity (Wildman–Crippen MR) is 155 cm³/mol. The van der Waals surface area contributed by atoms with Gasteiger partial charge in [0.2, 0.25) is 5.78 Å². The molecule has 1 saturated carbocycles. The third-order valence-corrected chi connectivity index (χ3v) is 7.57. The molecule has 3 aliphatic carbocycles. The molecule has 0 aromatic carbocycles. The van der Waals surface area contributed by atoms with Crippen LogP contribution in [-0.4, -0.2) is 42.9 Å². The Balaban J connectivity index is 1.30. The fourth-order valence-corrected chi connectivity index (χ4v) is 5.40. The zero-order valence-electron chi connectivity index (χ0n) is 23.4. The summed E-state index contributed by atoms with van der Waals surface area (Å²) in [5, 5.41) is 19.7. The highest BCUT2D eigenvalue weighted by atomic mass is 35.5. The molecule has 10 nitrogen and oxygen atoms in total. The van der Waals surface area contributed by atoms with Crippen molar-refractivity contribution in [2.45, 2.75) is 96.9 Å². The molecule has 2 heterocycles. The Hall–Kier alpha value is -3.24. The standard InChI is InChI=1S/C29H38ClN7O3/c1-29(2,3)35-23(15-21(31)17-12-13-17)33-27(39)25-20(30)10-7-11-22(25)40-16-19-14-24(38)37-28(32-19)34-26(36-37)18-8-5-4-6-9-18/h8,11,14,17,23,31,35H,4-7,9-10,12-13,15-16H2,1-3H3,(H,33,39)(H,32,34,36). The molecule has 40 heavy (non-hydrogen) atoms. The first-order chi connectivity index (χ1) is 19.1. The maximum atomic E-state index is 13.5. The van der Waals surface area contributed by atoms with Gasteiger partial charge in [0, 0.05) is 28.8 Å². The first-order valence-electron chi connectivity index (χ1n) is 14.1. The summed E-state index contributed by atoms with van der Waals surface area (Å²) in [6.45, 7) is 6.10. The third kappa shape index (κ3) is 6.90. The maximum absolute atomic E-state index is 13.5. The predicted octanol–water partition coefficient (Wildman–Crippen LogP) is 4.71. The Kier molecular flexibility index (Phi) is 8.28. The van der Waals surface area contributed by atoms with Crippen LogP contribution in [0.2, 0.25) is 0 Å². The van der Waals surface area contributed by atoms with Gasteiger partial charge in [-0.3, -0.25) is 14.9 Å². The van der Waals surface area contributed by atoms with Gasteiger partial charge in [-0.05, 0) is 89.7 Å². The van der Waals surface area contributed by atoms with Gasteiger partial charge in [-0.2, -0.15) is 9.50 Å². The maximum Gasteiger partial charge on any atom is 0.276 e. The van der Waals surface area contributed by atoms with Crippen molar-refractivity contribution in [3.8, 4) is 0 Å². The van der Waals surface area contributed by atoms with Crippen LogP contribution in [-0.2, 0) is 16.1 Å². The van der Waals surface area contributed by atoms with Crippen molar-refractivity contribution in [2.75, 3.05) is 0 Å². The van der Waals surface area contributed by atoms with Crippen LogP contribution in [0.15, 0.2) is 39.4 Å². The molecule has 4 N–H and O–H groups in total. The third-order valence-electron chi connectivity index (χ3n) is 7.19. The number of rotatable bonds is 10. The topological polar surface area (TPSA) is 137 Å².